The Labute approximate surface area is 115 Å². The van der Waals surface area contributed by atoms with E-state index in [9.17, 15) is 9.90 Å². The zero-order valence-electron chi connectivity index (χ0n) is 10.3. The molecule has 0 saturated carbocycles. The monoisotopic (exact) mass is 311 g/mol. The zero-order chi connectivity index (χ0) is 13.7. The lowest BCUT2D eigenvalue weighted by molar-refractivity contribution is 0.0691. The highest BCUT2D eigenvalue weighted by Crippen LogP contribution is 2.38. The van der Waals surface area contributed by atoms with Crippen molar-refractivity contribution < 1.29 is 14.6 Å². The Balaban J connectivity index is 3.25. The molecule has 0 spiro atoms. The predicted octanol–water partition coefficient (Wildman–Crippen LogP) is 4.19. The van der Waals surface area contributed by atoms with Gasteiger partial charge in [0.15, 0.2) is 0 Å². The maximum atomic E-state index is 11.2. The van der Waals surface area contributed by atoms with Crippen LogP contribution in [0.15, 0.2) is 10.5 Å². The van der Waals surface area contributed by atoms with E-state index in [4.69, 9.17) is 11.3 Å². The van der Waals surface area contributed by atoms with Crippen molar-refractivity contribution in [2.24, 2.45) is 0 Å². The smallest absolute Gasteiger partial charge is 0.339 e. The second-order valence-electron chi connectivity index (χ2n) is 3.85. The molecule has 0 unspecified atom stereocenters. The third-order valence-electron chi connectivity index (χ3n) is 2.48. The molecule has 0 saturated heterocycles. The molecule has 0 amide bonds. The van der Waals surface area contributed by atoms with E-state index in [1.807, 2.05) is 6.92 Å². The Morgan fingerprint density at radius 2 is 2.28 bits per heavy atom. The lowest BCUT2D eigenvalue weighted by atomic mass is 10.1. The van der Waals surface area contributed by atoms with Gasteiger partial charge in [-0.25, -0.2) is 9.64 Å². The first-order valence-electron chi connectivity index (χ1n) is 5.59. The van der Waals surface area contributed by atoms with E-state index in [2.05, 4.69) is 20.8 Å². The number of nitrogens with zero attached hydrogens (tertiary/aromatic N) is 1. The minimum atomic E-state index is -1.10. The fraction of sp³-hybridized carbons (Fsp3) is 0.385. The van der Waals surface area contributed by atoms with Gasteiger partial charge in [-0.2, -0.15) is 0 Å². The van der Waals surface area contributed by atoms with Gasteiger partial charge in [0.25, 0.3) is 0 Å². The number of hydrogen-bond donors (Lipinski definition) is 1. The number of rotatable bonds is 5. The van der Waals surface area contributed by atoms with Crippen LogP contribution in [-0.4, -0.2) is 17.7 Å². The summed E-state index contributed by atoms with van der Waals surface area (Å²) in [6, 6.07) is 1.61. The number of hydrogen-bond acceptors (Lipinski definition) is 2. The molecule has 0 aliphatic rings. The quantitative estimate of drug-likeness (QED) is 0.655. The lowest BCUT2D eigenvalue weighted by Gasteiger charge is -2.13. The number of benzene rings is 1. The zero-order valence-corrected chi connectivity index (χ0v) is 11.9. The summed E-state index contributed by atoms with van der Waals surface area (Å²) in [4.78, 5) is 14.6. The molecule has 0 radical (unpaired) electrons. The van der Waals surface area contributed by atoms with Gasteiger partial charge in [-0.05, 0) is 25.0 Å². The number of halogens is 1. The van der Waals surface area contributed by atoms with E-state index in [0.717, 1.165) is 12.8 Å². The average Bonchev–Trinajstić information content (AvgIpc) is 2.28. The molecule has 96 valence electrons. The van der Waals surface area contributed by atoms with Crippen LogP contribution in [0.25, 0.3) is 4.85 Å². The van der Waals surface area contributed by atoms with E-state index < -0.39 is 5.97 Å². The Morgan fingerprint density at radius 1 is 1.61 bits per heavy atom. The number of unbranched alkanes of at least 4 members (excludes halogenated alkanes) is 1. The predicted molar refractivity (Wildman–Crippen MR) is 72.5 cm³/mol. The molecule has 4 nitrogen and oxygen atoms in total. The van der Waals surface area contributed by atoms with Gasteiger partial charge in [0.05, 0.1) is 13.2 Å². The number of carboxylic acids is 1. The normalized spacial score (nSPS) is 9.89. The summed E-state index contributed by atoms with van der Waals surface area (Å²) in [5.74, 6) is -0.786. The van der Waals surface area contributed by atoms with Crippen molar-refractivity contribution >= 4 is 27.6 Å². The van der Waals surface area contributed by atoms with Crippen LogP contribution >= 0.6 is 15.9 Å². The molecule has 1 aromatic carbocycles. The lowest BCUT2D eigenvalue weighted by Crippen LogP contribution is -2.06. The second kappa shape index (κ2) is 6.41. The van der Waals surface area contributed by atoms with Crippen LogP contribution in [0.4, 0.5) is 5.69 Å². The minimum absolute atomic E-state index is 0.0164. The largest absolute Gasteiger partial charge is 0.493 e. The fourth-order valence-electron chi connectivity index (χ4n) is 1.51. The van der Waals surface area contributed by atoms with Crippen LogP contribution in [0.1, 0.15) is 35.7 Å². The summed E-state index contributed by atoms with van der Waals surface area (Å²) in [6.07, 6.45) is 1.84. The molecule has 1 rings (SSSR count). The topological polar surface area (TPSA) is 50.9 Å². The Kier molecular flexibility index (Phi) is 5.17. The summed E-state index contributed by atoms with van der Waals surface area (Å²) in [5.41, 5.74) is 1.03. The molecule has 18 heavy (non-hydrogen) atoms. The van der Waals surface area contributed by atoms with Crippen molar-refractivity contribution in [2.45, 2.75) is 26.7 Å². The number of aryl methyl sites for hydroxylation is 1. The molecule has 0 fully saturated rings. The van der Waals surface area contributed by atoms with Gasteiger partial charge in [-0.15, -0.1) is 0 Å². The van der Waals surface area contributed by atoms with Gasteiger partial charge in [0.2, 0.25) is 5.69 Å². The van der Waals surface area contributed by atoms with Crippen molar-refractivity contribution in [3.8, 4) is 5.75 Å². The first-order valence-corrected chi connectivity index (χ1v) is 6.38. The maximum absolute atomic E-state index is 11.2. The molecule has 0 heterocycles. The van der Waals surface area contributed by atoms with E-state index in [1.54, 1.807) is 13.0 Å². The summed E-state index contributed by atoms with van der Waals surface area (Å²) in [6.45, 7) is 11.3. The molecule has 0 bridgehead atoms. The van der Waals surface area contributed by atoms with Gasteiger partial charge in [-0.1, -0.05) is 29.3 Å². The summed E-state index contributed by atoms with van der Waals surface area (Å²) in [7, 11) is 0. The molecular formula is C13H14BrNO3. The number of ether oxygens (including phenoxy) is 1. The highest BCUT2D eigenvalue weighted by molar-refractivity contribution is 9.10. The van der Waals surface area contributed by atoms with Crippen LogP contribution < -0.4 is 4.74 Å². The van der Waals surface area contributed by atoms with Gasteiger partial charge in [-0.3, -0.25) is 0 Å². The van der Waals surface area contributed by atoms with Gasteiger partial charge >= 0.3 is 5.97 Å². The van der Waals surface area contributed by atoms with Gasteiger partial charge < -0.3 is 9.84 Å². The SMILES string of the molecule is [C-]#[N+]c1c(C)cc(OCCCC)c(C(=O)O)c1Br. The van der Waals surface area contributed by atoms with Crippen molar-refractivity contribution in [3.05, 3.63) is 33.1 Å². The van der Waals surface area contributed by atoms with E-state index in [-0.39, 0.29) is 10.0 Å². The molecular weight excluding hydrogens is 298 g/mol. The highest BCUT2D eigenvalue weighted by Gasteiger charge is 2.20. The molecule has 0 aliphatic heterocycles. The third kappa shape index (κ3) is 3.02. The van der Waals surface area contributed by atoms with E-state index in [0.29, 0.717) is 23.6 Å². The van der Waals surface area contributed by atoms with Crippen molar-refractivity contribution in [3.63, 3.8) is 0 Å². The van der Waals surface area contributed by atoms with Crippen LogP contribution in [-0.2, 0) is 0 Å². The standard InChI is InChI=1S/C13H14BrNO3/c1-4-5-6-18-9-7-8(2)12(15-3)11(14)10(9)13(16)17/h7H,4-6H2,1-2H3,(H,16,17). The highest BCUT2D eigenvalue weighted by atomic mass is 79.9. The number of carbonyl (C=O) groups is 1. The summed E-state index contributed by atoms with van der Waals surface area (Å²) < 4.78 is 5.77. The Bertz CT molecular complexity index is 506. The molecule has 0 aliphatic carbocycles. The van der Waals surface area contributed by atoms with Crippen LogP contribution in [0, 0.1) is 13.5 Å². The second-order valence-corrected chi connectivity index (χ2v) is 4.64. The van der Waals surface area contributed by atoms with E-state index >= 15 is 0 Å². The molecule has 1 N–H and O–H groups in total. The van der Waals surface area contributed by atoms with Crippen LogP contribution in [0.2, 0.25) is 0 Å². The Morgan fingerprint density at radius 3 is 2.78 bits per heavy atom. The molecule has 0 aromatic heterocycles. The Hall–Kier alpha value is -1.54. The first-order chi connectivity index (χ1) is 8.52. The maximum Gasteiger partial charge on any atom is 0.339 e. The third-order valence-corrected chi connectivity index (χ3v) is 3.25. The fourth-order valence-corrected chi connectivity index (χ4v) is 2.28. The van der Waals surface area contributed by atoms with Gasteiger partial charge in [0, 0.05) is 4.47 Å². The first kappa shape index (κ1) is 14.5. The molecule has 0 atom stereocenters. The summed E-state index contributed by atoms with van der Waals surface area (Å²) in [5, 5.41) is 9.20. The van der Waals surface area contributed by atoms with Crippen LogP contribution in [0.5, 0.6) is 5.75 Å². The van der Waals surface area contributed by atoms with Crippen molar-refractivity contribution in [2.75, 3.05) is 6.61 Å². The van der Waals surface area contributed by atoms with Gasteiger partial charge in [0.1, 0.15) is 11.3 Å². The molecule has 5 heteroatoms. The molecule has 1 aromatic rings. The van der Waals surface area contributed by atoms with Crippen molar-refractivity contribution in [1.29, 1.82) is 0 Å². The van der Waals surface area contributed by atoms with Crippen LogP contribution in [0.3, 0.4) is 0 Å². The van der Waals surface area contributed by atoms with E-state index in [1.165, 1.54) is 0 Å². The minimum Gasteiger partial charge on any atom is -0.493 e. The number of carboxylic acid groups (broad SMARTS) is 1. The van der Waals surface area contributed by atoms with Crippen molar-refractivity contribution in [1.82, 2.24) is 0 Å². The summed E-state index contributed by atoms with van der Waals surface area (Å²) >= 11 is 3.18. The number of aromatic carboxylic acids is 1. The average molecular weight is 312 g/mol.